The molecule has 1 spiro atoms. The third kappa shape index (κ3) is 4.46. The molecular weight excluding hydrogens is 635 g/mol. The van der Waals surface area contributed by atoms with E-state index in [-0.39, 0.29) is 5.41 Å². The summed E-state index contributed by atoms with van der Waals surface area (Å²) >= 11 is 1.89. The minimum atomic E-state index is 0.141. The molecule has 0 amide bonds. The molecule has 1 heterocycles. The summed E-state index contributed by atoms with van der Waals surface area (Å²) < 4.78 is 2.67. The molecule has 7 aromatic carbocycles. The van der Waals surface area contributed by atoms with Crippen molar-refractivity contribution in [2.75, 3.05) is 4.90 Å². The molecule has 2 saturated carbocycles. The van der Waals surface area contributed by atoms with Crippen molar-refractivity contribution in [3.05, 3.63) is 175 Å². The first-order valence-corrected chi connectivity index (χ1v) is 19.3. The van der Waals surface area contributed by atoms with Gasteiger partial charge in [-0.2, -0.15) is 0 Å². The topological polar surface area (TPSA) is 3.24 Å². The van der Waals surface area contributed by atoms with Crippen molar-refractivity contribution in [2.24, 2.45) is 11.8 Å². The van der Waals surface area contributed by atoms with Crippen LogP contribution in [0.25, 0.3) is 53.6 Å². The Balaban J connectivity index is 1.04. The van der Waals surface area contributed by atoms with Gasteiger partial charge in [0.25, 0.3) is 0 Å². The maximum Gasteiger partial charge on any atom is 0.0476 e. The van der Waals surface area contributed by atoms with Crippen LogP contribution in [0, 0.1) is 11.8 Å². The van der Waals surface area contributed by atoms with E-state index in [2.05, 4.69) is 169 Å². The maximum atomic E-state index is 2.57. The van der Waals surface area contributed by atoms with Crippen LogP contribution in [0.1, 0.15) is 36.8 Å². The van der Waals surface area contributed by atoms with E-state index in [9.17, 15) is 0 Å². The van der Waals surface area contributed by atoms with Gasteiger partial charge in [-0.15, -0.1) is 11.3 Å². The molecule has 244 valence electrons. The first-order chi connectivity index (χ1) is 25.2. The number of nitrogens with zero attached hydrogens (tertiary/aromatic N) is 1. The summed E-state index contributed by atoms with van der Waals surface area (Å²) in [5.41, 5.74) is 14.7. The molecule has 2 fully saturated rings. The van der Waals surface area contributed by atoms with Gasteiger partial charge in [-0.05, 0) is 118 Å². The van der Waals surface area contributed by atoms with Crippen LogP contribution >= 0.6 is 11.3 Å². The molecule has 2 heteroatoms. The van der Waals surface area contributed by atoms with Gasteiger partial charge in [-0.1, -0.05) is 128 Å². The number of hydrogen-bond donors (Lipinski definition) is 0. The number of hydrogen-bond acceptors (Lipinski definition) is 2. The first kappa shape index (κ1) is 29.3. The van der Waals surface area contributed by atoms with Crippen LogP contribution in [0.2, 0.25) is 0 Å². The Morgan fingerprint density at radius 1 is 0.471 bits per heavy atom. The van der Waals surface area contributed by atoms with Gasteiger partial charge in [-0.3, -0.25) is 0 Å². The highest BCUT2D eigenvalue weighted by Crippen LogP contribution is 2.66. The zero-order chi connectivity index (χ0) is 33.5. The Bertz CT molecular complexity index is 2600. The highest BCUT2D eigenvalue weighted by Gasteiger charge is 2.56. The number of anilines is 3. The van der Waals surface area contributed by atoms with E-state index in [1.165, 1.54) is 96.3 Å². The van der Waals surface area contributed by atoms with Crippen molar-refractivity contribution in [3.8, 4) is 33.4 Å². The Labute approximate surface area is 303 Å². The fourth-order valence-electron chi connectivity index (χ4n) is 10.1. The van der Waals surface area contributed by atoms with E-state index in [0.717, 1.165) is 11.8 Å². The first-order valence-electron chi connectivity index (χ1n) is 18.4. The monoisotopic (exact) mass is 671 g/mol. The summed E-state index contributed by atoms with van der Waals surface area (Å²) in [7, 11) is 0. The lowest BCUT2D eigenvalue weighted by Gasteiger charge is -2.37. The van der Waals surface area contributed by atoms with Gasteiger partial charge in [0.2, 0.25) is 0 Å². The summed E-state index contributed by atoms with van der Waals surface area (Å²) in [4.78, 5) is 2.50. The van der Waals surface area contributed by atoms with E-state index in [1.807, 2.05) is 11.3 Å². The zero-order valence-corrected chi connectivity index (χ0v) is 29.2. The third-order valence-electron chi connectivity index (χ3n) is 12.4. The van der Waals surface area contributed by atoms with E-state index in [1.54, 1.807) is 11.1 Å². The van der Waals surface area contributed by atoms with Crippen molar-refractivity contribution >= 4 is 48.6 Å². The van der Waals surface area contributed by atoms with Crippen LogP contribution < -0.4 is 4.90 Å². The number of rotatable bonds is 5. The van der Waals surface area contributed by atoms with E-state index in [4.69, 9.17) is 0 Å². The second kappa shape index (κ2) is 11.3. The van der Waals surface area contributed by atoms with Crippen molar-refractivity contribution in [1.29, 1.82) is 0 Å². The largest absolute Gasteiger partial charge is 0.310 e. The zero-order valence-electron chi connectivity index (χ0n) is 28.4. The van der Waals surface area contributed by atoms with Crippen LogP contribution in [0.4, 0.5) is 17.1 Å². The Morgan fingerprint density at radius 3 is 1.84 bits per heavy atom. The Hall–Kier alpha value is -5.44. The lowest BCUT2D eigenvalue weighted by Crippen LogP contribution is -2.32. The van der Waals surface area contributed by atoms with Crippen LogP contribution in [0.15, 0.2) is 164 Å². The van der Waals surface area contributed by atoms with E-state index in [0.29, 0.717) is 0 Å². The second-order valence-corrected chi connectivity index (χ2v) is 16.0. The average molecular weight is 672 g/mol. The van der Waals surface area contributed by atoms with Crippen molar-refractivity contribution in [3.63, 3.8) is 0 Å². The quantitative estimate of drug-likeness (QED) is 0.176. The lowest BCUT2D eigenvalue weighted by molar-refractivity contribution is 0.327. The number of fused-ring (bicyclic) bond motifs is 11. The molecule has 1 aromatic heterocycles. The van der Waals surface area contributed by atoms with Crippen LogP contribution in [0.3, 0.4) is 0 Å². The molecule has 0 saturated heterocycles. The molecule has 0 aliphatic heterocycles. The predicted molar refractivity (Wildman–Crippen MR) is 217 cm³/mol. The fraction of sp³-hybridized carbons (Fsp3) is 0.143. The van der Waals surface area contributed by atoms with E-state index >= 15 is 0 Å². The minimum absolute atomic E-state index is 0.141. The van der Waals surface area contributed by atoms with Crippen molar-refractivity contribution in [2.45, 2.75) is 31.1 Å². The summed E-state index contributed by atoms with van der Waals surface area (Å²) in [6, 6.07) is 61.3. The van der Waals surface area contributed by atoms with Crippen LogP contribution in [-0.2, 0) is 5.41 Å². The lowest BCUT2D eigenvalue weighted by atomic mass is 9.67. The number of benzene rings is 7. The molecule has 3 aliphatic rings. The minimum Gasteiger partial charge on any atom is -0.310 e. The number of thiophene rings is 1. The summed E-state index contributed by atoms with van der Waals surface area (Å²) in [6.07, 6.45) is 5.41. The molecule has 3 atom stereocenters. The summed E-state index contributed by atoms with van der Waals surface area (Å²) in [6.45, 7) is 0. The molecule has 2 bridgehead atoms. The Morgan fingerprint density at radius 2 is 1.08 bits per heavy atom. The average Bonchev–Trinajstić information content (AvgIpc) is 3.97. The van der Waals surface area contributed by atoms with Crippen LogP contribution in [-0.4, -0.2) is 0 Å². The molecular formula is C49H37NS. The van der Waals surface area contributed by atoms with Gasteiger partial charge in [0.1, 0.15) is 0 Å². The van der Waals surface area contributed by atoms with Crippen LogP contribution in [0.5, 0.6) is 0 Å². The molecule has 51 heavy (non-hydrogen) atoms. The maximum absolute atomic E-state index is 2.57. The summed E-state index contributed by atoms with van der Waals surface area (Å²) in [5, 5.41) is 2.67. The molecule has 11 rings (SSSR count). The molecule has 8 aromatic rings. The normalized spacial score (nSPS) is 19.9. The molecule has 0 N–H and O–H groups in total. The van der Waals surface area contributed by atoms with Crippen molar-refractivity contribution in [1.82, 2.24) is 0 Å². The van der Waals surface area contributed by atoms with Gasteiger partial charge in [0.05, 0.1) is 0 Å². The SMILES string of the molecule is c1ccc(-c2ccc(-c3ccc(N(c4ccc5c(c4)C4(CC6CCC4C6)c4ccccc4-5)c4ccc5c(c4)sc4ccccc45)cc3)cc2)cc1. The van der Waals surface area contributed by atoms with Gasteiger partial charge in [-0.25, -0.2) is 0 Å². The van der Waals surface area contributed by atoms with Gasteiger partial charge >= 0.3 is 0 Å². The molecule has 1 nitrogen and oxygen atoms in total. The highest BCUT2D eigenvalue weighted by molar-refractivity contribution is 7.25. The fourth-order valence-corrected chi connectivity index (χ4v) is 11.2. The van der Waals surface area contributed by atoms with E-state index < -0.39 is 0 Å². The van der Waals surface area contributed by atoms with Gasteiger partial charge < -0.3 is 4.90 Å². The highest BCUT2D eigenvalue weighted by atomic mass is 32.1. The third-order valence-corrected chi connectivity index (χ3v) is 13.5. The molecule has 3 unspecified atom stereocenters. The smallest absolute Gasteiger partial charge is 0.0476 e. The van der Waals surface area contributed by atoms with Gasteiger partial charge in [0, 0.05) is 42.6 Å². The Kier molecular flexibility index (Phi) is 6.48. The molecule has 3 aliphatic carbocycles. The predicted octanol–water partition coefficient (Wildman–Crippen LogP) is 13.9. The summed E-state index contributed by atoms with van der Waals surface area (Å²) in [5.74, 6) is 1.58. The molecule has 0 radical (unpaired) electrons. The second-order valence-electron chi connectivity index (χ2n) is 14.9. The van der Waals surface area contributed by atoms with Gasteiger partial charge in [0.15, 0.2) is 0 Å². The van der Waals surface area contributed by atoms with Crippen molar-refractivity contribution < 1.29 is 0 Å². The standard InChI is InChI=1S/C49H37NS/c1-2-8-33(9-3-1)34-15-17-35(18-16-34)36-19-22-38(23-20-36)50(40-25-27-44-43-11-5-7-13-47(43)51-48(44)30-40)39-24-26-42-41-10-4-6-12-45(41)49(46(42)29-39)31-32-14-21-37(49)28-32/h1-13,15-20,22-27,29-30,32,37H,14,21,28,31H2.